The number of carbonyl (C=O) groups excluding carboxylic acids is 2. The zero-order valence-electron chi connectivity index (χ0n) is 18.2. The van der Waals surface area contributed by atoms with Crippen LogP contribution in [0, 0.1) is 17.1 Å². The predicted molar refractivity (Wildman–Crippen MR) is 112 cm³/mol. The molecule has 0 radical (unpaired) electrons. The van der Waals surface area contributed by atoms with Crippen LogP contribution in [0.3, 0.4) is 0 Å². The highest BCUT2D eigenvalue weighted by Crippen LogP contribution is 2.37. The molecule has 2 aliphatic heterocycles. The lowest BCUT2D eigenvalue weighted by Gasteiger charge is -2.38. The fourth-order valence-corrected chi connectivity index (χ4v) is 4.48. The minimum Gasteiger partial charge on any atom is -0.444 e. The third-order valence-electron chi connectivity index (χ3n) is 5.76. The van der Waals surface area contributed by atoms with Gasteiger partial charge in [0, 0.05) is 23.7 Å². The van der Waals surface area contributed by atoms with Gasteiger partial charge in [0.15, 0.2) is 0 Å². The number of nitrogens with zero attached hydrogens (tertiary/aromatic N) is 3. The van der Waals surface area contributed by atoms with E-state index in [0.717, 1.165) is 12.8 Å². The molecule has 0 saturated carbocycles. The number of alkyl carbamates (subject to hydrolysis) is 1. The zero-order valence-corrected chi connectivity index (χ0v) is 18.2. The van der Waals surface area contributed by atoms with Crippen molar-refractivity contribution in [3.63, 3.8) is 0 Å². The average Bonchev–Trinajstić information content (AvgIpc) is 3.29. The molecule has 4 rings (SSSR count). The average molecular weight is 440 g/mol. The summed E-state index contributed by atoms with van der Waals surface area (Å²) >= 11 is 0. The fourth-order valence-electron chi connectivity index (χ4n) is 4.48. The van der Waals surface area contributed by atoms with Crippen molar-refractivity contribution in [1.82, 2.24) is 15.2 Å². The topological polar surface area (TPSA) is 108 Å². The highest BCUT2D eigenvalue weighted by molar-refractivity contribution is 5.91. The van der Waals surface area contributed by atoms with Crippen LogP contribution in [0.5, 0.6) is 0 Å². The zero-order chi connectivity index (χ0) is 23.0. The number of carbonyl (C=O) groups is 2. The monoisotopic (exact) mass is 440 g/mol. The largest absolute Gasteiger partial charge is 0.444 e. The van der Waals surface area contributed by atoms with Gasteiger partial charge in [-0.05, 0) is 58.6 Å². The number of fused-ring (bicyclic) bond motifs is 2. The molecule has 168 valence electrons. The van der Waals surface area contributed by atoms with Gasteiger partial charge in [0.2, 0.25) is 0 Å². The normalized spacial score (nSPS) is 22.3. The van der Waals surface area contributed by atoms with Crippen LogP contribution in [0.2, 0.25) is 0 Å². The van der Waals surface area contributed by atoms with Crippen molar-refractivity contribution in [3.05, 3.63) is 41.7 Å². The SMILES string of the molecule is CC(C)(C)OC(=O)NC1CC2CCC(C1)N2C(=O)c1nc(-c2ccc(C#N)c(F)c2)co1. The summed E-state index contributed by atoms with van der Waals surface area (Å²) < 4.78 is 24.7. The summed E-state index contributed by atoms with van der Waals surface area (Å²) in [7, 11) is 0. The standard InChI is InChI=1S/C23H25FN4O4/c1-23(2,3)32-22(30)26-15-9-16-6-7-17(10-15)28(16)21(29)20-27-19(12-31-20)13-4-5-14(11-25)18(24)8-13/h4-5,8,12,15-17H,6-7,9-10H2,1-3H3,(H,26,30). The van der Waals surface area contributed by atoms with Crippen molar-refractivity contribution in [3.8, 4) is 17.3 Å². The molecule has 1 N–H and O–H groups in total. The number of nitriles is 1. The van der Waals surface area contributed by atoms with Gasteiger partial charge in [0.1, 0.15) is 29.4 Å². The Morgan fingerprint density at radius 1 is 1.28 bits per heavy atom. The van der Waals surface area contributed by atoms with Crippen LogP contribution in [0.1, 0.15) is 62.7 Å². The maximum atomic E-state index is 13.9. The molecule has 2 atom stereocenters. The van der Waals surface area contributed by atoms with E-state index < -0.39 is 17.5 Å². The minimum atomic E-state index is -0.654. The molecule has 8 nitrogen and oxygen atoms in total. The number of piperidine rings is 1. The van der Waals surface area contributed by atoms with Crippen molar-refractivity contribution in [1.29, 1.82) is 5.26 Å². The summed E-state index contributed by atoms with van der Waals surface area (Å²) in [6.07, 6.45) is 3.82. The molecular weight excluding hydrogens is 415 g/mol. The Labute approximate surface area is 185 Å². The molecular formula is C23H25FN4O4. The third kappa shape index (κ3) is 4.44. The molecule has 2 aliphatic rings. The van der Waals surface area contributed by atoms with Crippen molar-refractivity contribution < 1.29 is 23.1 Å². The molecule has 32 heavy (non-hydrogen) atoms. The van der Waals surface area contributed by atoms with E-state index >= 15 is 0 Å². The van der Waals surface area contributed by atoms with Crippen LogP contribution in [0.4, 0.5) is 9.18 Å². The summed E-state index contributed by atoms with van der Waals surface area (Å²) in [5, 5.41) is 11.8. The molecule has 9 heteroatoms. The van der Waals surface area contributed by atoms with Crippen molar-refractivity contribution in [2.45, 2.75) is 70.2 Å². The van der Waals surface area contributed by atoms with E-state index in [1.54, 1.807) is 17.0 Å². The summed E-state index contributed by atoms with van der Waals surface area (Å²) in [6.45, 7) is 5.44. The summed E-state index contributed by atoms with van der Waals surface area (Å²) in [5.74, 6) is -1.02. The van der Waals surface area contributed by atoms with Crippen LogP contribution < -0.4 is 5.32 Å². The minimum absolute atomic E-state index is 0.0242. The maximum Gasteiger partial charge on any atom is 0.407 e. The highest BCUT2D eigenvalue weighted by Gasteiger charge is 2.45. The quantitative estimate of drug-likeness (QED) is 0.772. The van der Waals surface area contributed by atoms with Crippen LogP contribution in [0.25, 0.3) is 11.3 Å². The first-order valence-electron chi connectivity index (χ1n) is 10.6. The Bertz CT molecular complexity index is 1070. The molecule has 0 aliphatic carbocycles. The number of halogens is 1. The second kappa shape index (κ2) is 8.26. The van der Waals surface area contributed by atoms with Crippen molar-refractivity contribution >= 4 is 12.0 Å². The summed E-state index contributed by atoms with van der Waals surface area (Å²) in [6, 6.07) is 5.78. The number of rotatable bonds is 3. The van der Waals surface area contributed by atoms with Gasteiger partial charge in [0.05, 0.1) is 5.56 Å². The molecule has 2 fully saturated rings. The number of oxazole rings is 1. The smallest absolute Gasteiger partial charge is 0.407 e. The molecule has 0 spiro atoms. The van der Waals surface area contributed by atoms with E-state index in [1.165, 1.54) is 18.4 Å². The van der Waals surface area contributed by atoms with Gasteiger partial charge >= 0.3 is 12.0 Å². The Kier molecular flexibility index (Phi) is 5.63. The molecule has 2 bridgehead atoms. The van der Waals surface area contributed by atoms with Gasteiger partial charge < -0.3 is 19.4 Å². The Hall–Kier alpha value is -3.41. The number of aromatic nitrogens is 1. The van der Waals surface area contributed by atoms with Gasteiger partial charge in [0.25, 0.3) is 5.89 Å². The molecule has 2 saturated heterocycles. The number of ether oxygens (including phenoxy) is 1. The number of benzene rings is 1. The van der Waals surface area contributed by atoms with E-state index in [4.69, 9.17) is 14.4 Å². The van der Waals surface area contributed by atoms with Gasteiger partial charge in [-0.3, -0.25) is 4.79 Å². The van der Waals surface area contributed by atoms with Gasteiger partial charge in [-0.15, -0.1) is 0 Å². The lowest BCUT2D eigenvalue weighted by molar-refractivity contribution is 0.0403. The summed E-state index contributed by atoms with van der Waals surface area (Å²) in [5.41, 5.74) is 0.117. The number of nitrogens with one attached hydrogen (secondary N) is 1. The van der Waals surface area contributed by atoms with E-state index in [1.807, 2.05) is 20.8 Å². The molecule has 1 aromatic carbocycles. The number of amides is 2. The molecule has 2 amide bonds. The van der Waals surface area contributed by atoms with Crippen LogP contribution in [-0.2, 0) is 4.74 Å². The van der Waals surface area contributed by atoms with Crippen LogP contribution >= 0.6 is 0 Å². The van der Waals surface area contributed by atoms with E-state index in [9.17, 15) is 14.0 Å². The Balaban J connectivity index is 1.44. The molecule has 1 aromatic heterocycles. The number of hydrogen-bond acceptors (Lipinski definition) is 6. The fraction of sp³-hybridized carbons (Fsp3) is 0.478. The van der Waals surface area contributed by atoms with Crippen LogP contribution in [-0.4, -0.2) is 45.6 Å². The Morgan fingerprint density at radius 2 is 1.97 bits per heavy atom. The van der Waals surface area contributed by atoms with Crippen LogP contribution in [0.15, 0.2) is 28.9 Å². The van der Waals surface area contributed by atoms with E-state index in [0.29, 0.717) is 24.1 Å². The highest BCUT2D eigenvalue weighted by atomic mass is 19.1. The second-order valence-electron chi connectivity index (χ2n) is 9.26. The van der Waals surface area contributed by atoms with Crippen molar-refractivity contribution in [2.24, 2.45) is 0 Å². The van der Waals surface area contributed by atoms with E-state index in [2.05, 4.69) is 10.3 Å². The van der Waals surface area contributed by atoms with E-state index in [-0.39, 0.29) is 35.5 Å². The molecule has 2 unspecified atom stereocenters. The molecule has 3 heterocycles. The lowest BCUT2D eigenvalue weighted by Crippen LogP contribution is -2.53. The molecule has 2 aromatic rings. The first-order chi connectivity index (χ1) is 15.1. The Morgan fingerprint density at radius 3 is 2.56 bits per heavy atom. The first kappa shape index (κ1) is 21.8. The second-order valence-corrected chi connectivity index (χ2v) is 9.26. The predicted octanol–water partition coefficient (Wildman–Crippen LogP) is 4.01. The first-order valence-corrected chi connectivity index (χ1v) is 10.6. The van der Waals surface area contributed by atoms with Gasteiger partial charge in [-0.25, -0.2) is 14.2 Å². The maximum absolute atomic E-state index is 13.9. The van der Waals surface area contributed by atoms with Gasteiger partial charge in [-0.2, -0.15) is 5.26 Å². The number of hydrogen-bond donors (Lipinski definition) is 1. The lowest BCUT2D eigenvalue weighted by atomic mass is 9.97. The third-order valence-corrected chi connectivity index (χ3v) is 5.76. The van der Waals surface area contributed by atoms with Gasteiger partial charge in [-0.1, -0.05) is 6.07 Å². The summed E-state index contributed by atoms with van der Waals surface area (Å²) in [4.78, 5) is 31.3. The van der Waals surface area contributed by atoms with Crippen molar-refractivity contribution in [2.75, 3.05) is 0 Å².